The van der Waals surface area contributed by atoms with E-state index in [1.807, 2.05) is 12.1 Å². The molecule has 1 aliphatic rings. The fourth-order valence-corrected chi connectivity index (χ4v) is 4.68. The Morgan fingerprint density at radius 1 is 1.17 bits per heavy atom. The summed E-state index contributed by atoms with van der Waals surface area (Å²) in [6, 6.07) is 15.1. The zero-order valence-electron chi connectivity index (χ0n) is 19.9. The molecule has 2 aromatic carbocycles. The number of aldehydes is 1. The highest BCUT2D eigenvalue weighted by Crippen LogP contribution is 2.35. The van der Waals surface area contributed by atoms with Gasteiger partial charge in [-0.15, -0.1) is 0 Å². The van der Waals surface area contributed by atoms with Crippen molar-refractivity contribution in [1.29, 1.82) is 0 Å². The van der Waals surface area contributed by atoms with Crippen LogP contribution in [-0.2, 0) is 12.2 Å². The third-order valence-corrected chi connectivity index (χ3v) is 6.52. The maximum atomic E-state index is 13.7. The van der Waals surface area contributed by atoms with Crippen molar-refractivity contribution in [2.75, 3.05) is 38.2 Å². The summed E-state index contributed by atoms with van der Waals surface area (Å²) in [6.07, 6.45) is 2.40. The average Bonchev–Trinajstić information content (AvgIpc) is 2.88. The van der Waals surface area contributed by atoms with Gasteiger partial charge in [-0.2, -0.15) is 0 Å². The minimum absolute atomic E-state index is 0.169. The van der Waals surface area contributed by atoms with E-state index in [4.69, 9.17) is 4.74 Å². The Morgan fingerprint density at radius 2 is 1.94 bits per heavy atom. The molecule has 184 valence electrons. The first-order chi connectivity index (χ1) is 16.8. The quantitative estimate of drug-likeness (QED) is 0.480. The van der Waals surface area contributed by atoms with E-state index < -0.39 is 5.60 Å². The summed E-state index contributed by atoms with van der Waals surface area (Å²) >= 11 is 0. The minimum atomic E-state index is -1.17. The summed E-state index contributed by atoms with van der Waals surface area (Å²) in [4.78, 5) is 20.3. The molecule has 8 heteroatoms. The Balaban J connectivity index is 1.63. The Kier molecular flexibility index (Phi) is 7.45. The van der Waals surface area contributed by atoms with Crippen LogP contribution >= 0.6 is 0 Å². The SMILES string of the molecule is COc1ccc(N2CCN(C[C@@](C)(O)c3ccnc(CO)c3)C[C@H]2c2ccc(F)cc2)c(C=O)c1. The Morgan fingerprint density at radius 3 is 2.63 bits per heavy atom. The summed E-state index contributed by atoms with van der Waals surface area (Å²) in [5.41, 5.74) is 2.22. The summed E-state index contributed by atoms with van der Waals surface area (Å²) in [5.74, 6) is 0.287. The van der Waals surface area contributed by atoms with Crippen molar-refractivity contribution in [2.45, 2.75) is 25.2 Å². The first-order valence-electron chi connectivity index (χ1n) is 11.5. The molecule has 35 heavy (non-hydrogen) atoms. The van der Waals surface area contributed by atoms with Crippen molar-refractivity contribution >= 4 is 12.0 Å². The number of hydrogen-bond acceptors (Lipinski definition) is 7. The van der Waals surface area contributed by atoms with Crippen molar-refractivity contribution in [3.63, 3.8) is 0 Å². The number of carbonyl (C=O) groups excluding carboxylic acids is 1. The lowest BCUT2D eigenvalue weighted by atomic mass is 9.93. The lowest BCUT2D eigenvalue weighted by Crippen LogP contribution is -2.52. The molecule has 4 rings (SSSR count). The largest absolute Gasteiger partial charge is 0.497 e. The molecule has 1 saturated heterocycles. The predicted octanol–water partition coefficient (Wildman–Crippen LogP) is 3.31. The topological polar surface area (TPSA) is 86.1 Å². The van der Waals surface area contributed by atoms with Gasteiger partial charge in [-0.3, -0.25) is 14.7 Å². The van der Waals surface area contributed by atoms with Gasteiger partial charge in [0.05, 0.1) is 31.1 Å². The van der Waals surface area contributed by atoms with E-state index in [-0.39, 0.29) is 18.5 Å². The number of piperazine rings is 1. The normalized spacial score (nSPS) is 18.2. The fraction of sp³-hybridized carbons (Fsp3) is 0.333. The molecule has 2 heterocycles. The van der Waals surface area contributed by atoms with Crippen LogP contribution in [0.3, 0.4) is 0 Å². The number of nitrogens with zero attached hydrogens (tertiary/aromatic N) is 3. The molecular weight excluding hydrogens is 449 g/mol. The third-order valence-electron chi connectivity index (χ3n) is 6.52. The van der Waals surface area contributed by atoms with Crippen LogP contribution in [0.15, 0.2) is 60.8 Å². The molecule has 3 aromatic rings. The van der Waals surface area contributed by atoms with E-state index in [1.54, 1.807) is 50.6 Å². The molecule has 2 N–H and O–H groups in total. The number of ether oxygens (including phenoxy) is 1. The smallest absolute Gasteiger partial charge is 0.152 e. The van der Waals surface area contributed by atoms with Crippen LogP contribution < -0.4 is 9.64 Å². The Labute approximate surface area is 204 Å². The summed E-state index contributed by atoms with van der Waals surface area (Å²) < 4.78 is 19.0. The van der Waals surface area contributed by atoms with Crippen LogP contribution in [0.1, 0.15) is 40.1 Å². The minimum Gasteiger partial charge on any atom is -0.497 e. The van der Waals surface area contributed by atoms with Gasteiger partial charge in [-0.25, -0.2) is 4.39 Å². The number of aliphatic hydroxyl groups excluding tert-OH is 1. The molecule has 0 aliphatic carbocycles. The lowest BCUT2D eigenvalue weighted by Gasteiger charge is -2.45. The van der Waals surface area contributed by atoms with Gasteiger partial charge in [0, 0.05) is 43.6 Å². The number of hydrogen-bond donors (Lipinski definition) is 2. The van der Waals surface area contributed by atoms with E-state index in [0.717, 1.165) is 17.5 Å². The number of benzene rings is 2. The number of anilines is 1. The van der Waals surface area contributed by atoms with Gasteiger partial charge in [-0.05, 0) is 60.5 Å². The van der Waals surface area contributed by atoms with Crippen molar-refractivity contribution in [3.05, 3.63) is 89.0 Å². The highest BCUT2D eigenvalue weighted by atomic mass is 19.1. The van der Waals surface area contributed by atoms with Gasteiger partial charge in [0.1, 0.15) is 11.6 Å². The van der Waals surface area contributed by atoms with E-state index in [2.05, 4.69) is 14.8 Å². The molecule has 0 radical (unpaired) electrons. The zero-order chi connectivity index (χ0) is 25.0. The Hall–Kier alpha value is -3.33. The van der Waals surface area contributed by atoms with Crippen LogP contribution in [0.2, 0.25) is 0 Å². The molecule has 7 nitrogen and oxygen atoms in total. The number of halogens is 1. The monoisotopic (exact) mass is 479 g/mol. The standard InChI is InChI=1S/C27H30FN3O4/c1-27(34,21-9-10-29-23(14-21)17-33)18-30-11-12-31(25-8-7-24(35-2)13-20(25)16-32)26(15-30)19-3-5-22(28)6-4-19/h3-10,13-14,16,26,33-34H,11-12,15,17-18H2,1-2H3/t26-,27+/m0/s1. The molecule has 0 bridgehead atoms. The second-order valence-electron chi connectivity index (χ2n) is 9.01. The third kappa shape index (κ3) is 5.51. The highest BCUT2D eigenvalue weighted by Gasteiger charge is 2.34. The van der Waals surface area contributed by atoms with Crippen molar-refractivity contribution in [2.24, 2.45) is 0 Å². The maximum Gasteiger partial charge on any atom is 0.152 e. The number of aromatic nitrogens is 1. The van der Waals surface area contributed by atoms with Crippen molar-refractivity contribution in [3.8, 4) is 5.75 Å². The average molecular weight is 480 g/mol. The summed E-state index contributed by atoms with van der Waals surface area (Å²) in [7, 11) is 1.56. The number of aliphatic hydroxyl groups is 2. The summed E-state index contributed by atoms with van der Waals surface area (Å²) in [5, 5.41) is 20.7. The lowest BCUT2D eigenvalue weighted by molar-refractivity contribution is 0.0101. The van der Waals surface area contributed by atoms with Crippen LogP contribution in [-0.4, -0.2) is 59.7 Å². The molecule has 0 amide bonds. The van der Waals surface area contributed by atoms with Crippen LogP contribution in [0.5, 0.6) is 5.75 Å². The van der Waals surface area contributed by atoms with Crippen LogP contribution in [0.25, 0.3) is 0 Å². The number of carbonyl (C=O) groups is 1. The van der Waals surface area contributed by atoms with Gasteiger partial charge >= 0.3 is 0 Å². The summed E-state index contributed by atoms with van der Waals surface area (Å²) in [6.45, 7) is 3.72. The second kappa shape index (κ2) is 10.5. The van der Waals surface area contributed by atoms with Gasteiger partial charge in [-0.1, -0.05) is 12.1 Å². The van der Waals surface area contributed by atoms with E-state index >= 15 is 0 Å². The molecule has 0 saturated carbocycles. The van der Waals surface area contributed by atoms with Gasteiger partial charge in [0.25, 0.3) is 0 Å². The molecule has 1 aromatic heterocycles. The first-order valence-corrected chi connectivity index (χ1v) is 11.5. The molecule has 0 spiro atoms. The zero-order valence-corrected chi connectivity index (χ0v) is 19.9. The fourth-order valence-electron chi connectivity index (χ4n) is 4.68. The van der Waals surface area contributed by atoms with Gasteiger partial charge < -0.3 is 19.8 Å². The van der Waals surface area contributed by atoms with Crippen LogP contribution in [0, 0.1) is 5.82 Å². The number of methoxy groups -OCH3 is 1. The van der Waals surface area contributed by atoms with Gasteiger partial charge in [0.15, 0.2) is 6.29 Å². The maximum absolute atomic E-state index is 13.7. The number of β-amino-alcohol motifs (C(OH)–C–C–N with tert-alkyl or cyclic N) is 1. The van der Waals surface area contributed by atoms with Crippen LogP contribution in [0.4, 0.5) is 10.1 Å². The second-order valence-corrected chi connectivity index (χ2v) is 9.01. The molecular formula is C27H30FN3O4. The molecule has 2 atom stereocenters. The van der Waals surface area contributed by atoms with Crippen molar-refractivity contribution in [1.82, 2.24) is 9.88 Å². The highest BCUT2D eigenvalue weighted by molar-refractivity contribution is 5.85. The molecule has 1 fully saturated rings. The van der Waals surface area contributed by atoms with E-state index in [0.29, 0.717) is 48.7 Å². The molecule has 1 aliphatic heterocycles. The number of rotatable bonds is 8. The van der Waals surface area contributed by atoms with E-state index in [1.165, 1.54) is 12.1 Å². The molecule has 0 unspecified atom stereocenters. The number of pyridine rings is 1. The van der Waals surface area contributed by atoms with Crippen molar-refractivity contribution < 1.29 is 24.1 Å². The Bertz CT molecular complexity index is 1170. The first kappa shape index (κ1) is 24.8. The van der Waals surface area contributed by atoms with Gasteiger partial charge in [0.2, 0.25) is 0 Å². The predicted molar refractivity (Wildman–Crippen MR) is 131 cm³/mol. The van der Waals surface area contributed by atoms with E-state index in [9.17, 15) is 19.4 Å².